The zero-order valence-electron chi connectivity index (χ0n) is 13.3. The van der Waals surface area contributed by atoms with Gasteiger partial charge in [-0.2, -0.15) is 31.4 Å². The first-order valence-corrected chi connectivity index (χ1v) is 7.71. The number of hydrogen-bond donors (Lipinski definition) is 1. The van der Waals surface area contributed by atoms with Crippen LogP contribution in [0.2, 0.25) is 0 Å². The standard InChI is InChI=1S/C15H15F6N5/c16-14(17,18)11-1-2-13(22-7-11)26-4-3-25(8-10-5-23-24-6-10)9-12(26)15(19,20)21/h1-2,5-7,12H,3-4,8-9H2,(H,23,24). The van der Waals surface area contributed by atoms with Crippen LogP contribution < -0.4 is 4.90 Å². The number of hydrogen-bond acceptors (Lipinski definition) is 4. The van der Waals surface area contributed by atoms with Gasteiger partial charge in [0, 0.05) is 44.1 Å². The Kier molecular flexibility index (Phi) is 4.82. The Morgan fingerprint density at radius 3 is 2.38 bits per heavy atom. The highest BCUT2D eigenvalue weighted by atomic mass is 19.4. The zero-order chi connectivity index (χ0) is 18.9. The average Bonchev–Trinajstić information content (AvgIpc) is 3.06. The van der Waals surface area contributed by atoms with Crippen molar-refractivity contribution >= 4 is 5.82 Å². The number of piperazine rings is 1. The van der Waals surface area contributed by atoms with Gasteiger partial charge in [0.05, 0.1) is 11.8 Å². The normalized spacial score (nSPS) is 19.8. The Morgan fingerprint density at radius 2 is 1.85 bits per heavy atom. The molecule has 11 heteroatoms. The highest BCUT2D eigenvalue weighted by molar-refractivity contribution is 5.42. The number of aromatic nitrogens is 3. The lowest BCUT2D eigenvalue weighted by atomic mass is 10.1. The molecule has 0 radical (unpaired) electrons. The van der Waals surface area contributed by atoms with E-state index in [2.05, 4.69) is 15.2 Å². The maximum atomic E-state index is 13.5. The minimum atomic E-state index is -4.59. The summed E-state index contributed by atoms with van der Waals surface area (Å²) in [6.45, 7) is 0.315. The van der Waals surface area contributed by atoms with E-state index in [1.807, 2.05) is 0 Å². The quantitative estimate of drug-likeness (QED) is 0.833. The molecule has 1 N–H and O–H groups in total. The van der Waals surface area contributed by atoms with Crippen molar-refractivity contribution in [1.82, 2.24) is 20.1 Å². The lowest BCUT2D eigenvalue weighted by Crippen LogP contribution is -2.59. The fourth-order valence-corrected chi connectivity index (χ4v) is 2.88. The number of rotatable bonds is 3. The maximum absolute atomic E-state index is 13.5. The molecule has 1 fully saturated rings. The fraction of sp³-hybridized carbons (Fsp3) is 0.467. The van der Waals surface area contributed by atoms with Gasteiger partial charge in [0.1, 0.15) is 11.9 Å². The van der Waals surface area contributed by atoms with Crippen LogP contribution in [0.3, 0.4) is 0 Å². The summed E-state index contributed by atoms with van der Waals surface area (Å²) in [6.07, 6.45) is -5.43. The number of H-pyrrole nitrogens is 1. The third kappa shape index (κ3) is 4.09. The smallest absolute Gasteiger partial charge is 0.342 e. The molecule has 1 atom stereocenters. The molecule has 3 rings (SSSR count). The molecule has 0 aliphatic carbocycles. The van der Waals surface area contributed by atoms with Crippen LogP contribution in [0.15, 0.2) is 30.7 Å². The van der Waals surface area contributed by atoms with Gasteiger partial charge in [0.2, 0.25) is 0 Å². The van der Waals surface area contributed by atoms with Gasteiger partial charge in [-0.1, -0.05) is 0 Å². The van der Waals surface area contributed by atoms with Crippen LogP contribution in [0.25, 0.3) is 0 Å². The van der Waals surface area contributed by atoms with Crippen molar-refractivity contribution in [3.8, 4) is 0 Å². The zero-order valence-corrected chi connectivity index (χ0v) is 13.3. The number of halogens is 6. The van der Waals surface area contributed by atoms with Crippen LogP contribution in [-0.2, 0) is 12.7 Å². The summed E-state index contributed by atoms with van der Waals surface area (Å²) in [5, 5.41) is 6.36. The molecule has 0 bridgehead atoms. The van der Waals surface area contributed by atoms with Gasteiger partial charge in [0.25, 0.3) is 0 Å². The summed E-state index contributed by atoms with van der Waals surface area (Å²) >= 11 is 0. The molecule has 1 aliphatic heterocycles. The van der Waals surface area contributed by atoms with Crippen LogP contribution in [0.1, 0.15) is 11.1 Å². The van der Waals surface area contributed by atoms with Gasteiger partial charge in [-0.05, 0) is 12.1 Å². The molecule has 0 aromatic carbocycles. The van der Waals surface area contributed by atoms with Crippen LogP contribution in [0.5, 0.6) is 0 Å². The third-order valence-electron chi connectivity index (χ3n) is 4.17. The van der Waals surface area contributed by atoms with Crippen molar-refractivity contribution in [1.29, 1.82) is 0 Å². The van der Waals surface area contributed by atoms with Crippen molar-refractivity contribution in [2.75, 3.05) is 24.5 Å². The first kappa shape index (κ1) is 18.5. The van der Waals surface area contributed by atoms with Gasteiger partial charge in [-0.15, -0.1) is 0 Å². The van der Waals surface area contributed by atoms with Crippen LogP contribution >= 0.6 is 0 Å². The second-order valence-electron chi connectivity index (χ2n) is 6.00. The third-order valence-corrected chi connectivity index (χ3v) is 4.17. The Labute approximate surface area is 144 Å². The van der Waals surface area contributed by atoms with E-state index in [1.54, 1.807) is 11.1 Å². The minimum Gasteiger partial charge on any atom is -0.342 e. The molecule has 3 heterocycles. The predicted molar refractivity (Wildman–Crippen MR) is 80.3 cm³/mol. The Bertz CT molecular complexity index is 710. The number of nitrogens with zero attached hydrogens (tertiary/aromatic N) is 4. The Hall–Kier alpha value is -2.30. The second-order valence-corrected chi connectivity index (χ2v) is 6.00. The Balaban J connectivity index is 1.78. The molecule has 1 aliphatic rings. The summed E-state index contributed by atoms with van der Waals surface area (Å²) in [5.74, 6) is -0.122. The molecule has 2 aromatic heterocycles. The van der Waals surface area contributed by atoms with Crippen molar-refractivity contribution in [2.24, 2.45) is 0 Å². The molecule has 2 aromatic rings. The summed E-state index contributed by atoms with van der Waals surface area (Å²) in [5.41, 5.74) is -0.240. The molecule has 0 spiro atoms. The average molecular weight is 379 g/mol. The molecule has 1 unspecified atom stereocenters. The molecular formula is C15H15F6N5. The van der Waals surface area contributed by atoms with E-state index in [4.69, 9.17) is 0 Å². The van der Waals surface area contributed by atoms with E-state index in [1.165, 1.54) is 6.20 Å². The van der Waals surface area contributed by atoms with Crippen LogP contribution in [-0.4, -0.2) is 51.9 Å². The molecule has 5 nitrogen and oxygen atoms in total. The number of pyridine rings is 1. The first-order chi connectivity index (χ1) is 12.1. The van der Waals surface area contributed by atoms with E-state index >= 15 is 0 Å². The van der Waals surface area contributed by atoms with E-state index in [0.29, 0.717) is 19.3 Å². The summed E-state index contributed by atoms with van der Waals surface area (Å²) < 4.78 is 78.3. The lowest BCUT2D eigenvalue weighted by Gasteiger charge is -2.42. The summed E-state index contributed by atoms with van der Waals surface area (Å²) in [7, 11) is 0. The summed E-state index contributed by atoms with van der Waals surface area (Å²) in [4.78, 5) is 6.24. The highest BCUT2D eigenvalue weighted by Crippen LogP contribution is 2.33. The van der Waals surface area contributed by atoms with Crippen LogP contribution in [0.4, 0.5) is 32.2 Å². The van der Waals surface area contributed by atoms with Gasteiger partial charge in [-0.3, -0.25) is 10.00 Å². The van der Waals surface area contributed by atoms with Crippen molar-refractivity contribution in [3.63, 3.8) is 0 Å². The predicted octanol–water partition coefficient (Wildman–Crippen LogP) is 3.08. The molecule has 0 amide bonds. The monoisotopic (exact) mass is 379 g/mol. The first-order valence-electron chi connectivity index (χ1n) is 7.71. The van der Waals surface area contributed by atoms with E-state index in [-0.39, 0.29) is 18.9 Å². The van der Waals surface area contributed by atoms with Gasteiger partial charge in [0.15, 0.2) is 0 Å². The Morgan fingerprint density at radius 1 is 1.08 bits per heavy atom. The second kappa shape index (κ2) is 6.78. The number of nitrogens with one attached hydrogen (secondary N) is 1. The van der Waals surface area contributed by atoms with Gasteiger partial charge < -0.3 is 4.90 Å². The van der Waals surface area contributed by atoms with E-state index in [9.17, 15) is 26.3 Å². The maximum Gasteiger partial charge on any atom is 0.417 e. The van der Waals surface area contributed by atoms with Crippen LogP contribution in [0, 0.1) is 0 Å². The molecule has 26 heavy (non-hydrogen) atoms. The van der Waals surface area contributed by atoms with E-state index < -0.39 is 24.0 Å². The number of alkyl halides is 6. The summed E-state index contributed by atoms with van der Waals surface area (Å²) in [6, 6.07) is -0.131. The SMILES string of the molecule is FC(F)(F)c1ccc(N2CCN(Cc3cn[nH]c3)CC2C(F)(F)F)nc1. The van der Waals surface area contributed by atoms with Crippen molar-refractivity contribution in [2.45, 2.75) is 24.9 Å². The highest BCUT2D eigenvalue weighted by Gasteiger charge is 2.47. The van der Waals surface area contributed by atoms with Crippen molar-refractivity contribution < 1.29 is 26.3 Å². The van der Waals surface area contributed by atoms with Crippen molar-refractivity contribution in [3.05, 3.63) is 41.9 Å². The lowest BCUT2D eigenvalue weighted by molar-refractivity contribution is -0.157. The minimum absolute atomic E-state index is 0.000390. The number of aromatic amines is 1. The molecule has 0 saturated carbocycles. The van der Waals surface area contributed by atoms with Gasteiger partial charge in [-0.25, -0.2) is 4.98 Å². The van der Waals surface area contributed by atoms with Gasteiger partial charge >= 0.3 is 12.4 Å². The largest absolute Gasteiger partial charge is 0.417 e. The van der Waals surface area contributed by atoms with E-state index in [0.717, 1.165) is 22.6 Å². The number of anilines is 1. The molecule has 1 saturated heterocycles. The topological polar surface area (TPSA) is 48.0 Å². The fourth-order valence-electron chi connectivity index (χ4n) is 2.88. The molecule has 142 valence electrons. The molecular weight excluding hydrogens is 364 g/mol.